The number of hydrogen-bond donors (Lipinski definition) is 1. The summed E-state index contributed by atoms with van der Waals surface area (Å²) in [5, 5.41) is 10.0. The van der Waals surface area contributed by atoms with E-state index in [1.807, 2.05) is 44.2 Å². The van der Waals surface area contributed by atoms with E-state index >= 15 is 0 Å². The van der Waals surface area contributed by atoms with Crippen molar-refractivity contribution >= 4 is 17.3 Å². The van der Waals surface area contributed by atoms with Gasteiger partial charge in [-0.15, -0.1) is 11.3 Å². The molecule has 0 fully saturated rings. The third-order valence-electron chi connectivity index (χ3n) is 4.12. The molecule has 6 heteroatoms. The van der Waals surface area contributed by atoms with E-state index in [9.17, 15) is 9.90 Å². The van der Waals surface area contributed by atoms with Crippen LogP contribution >= 0.6 is 11.3 Å². The highest BCUT2D eigenvalue weighted by atomic mass is 32.1. The van der Waals surface area contributed by atoms with Gasteiger partial charge in [-0.05, 0) is 31.0 Å². The number of thiazole rings is 1. The third kappa shape index (κ3) is 4.28. The number of carboxylic acid groups (broad SMARTS) is 1. The van der Waals surface area contributed by atoms with Crippen molar-refractivity contribution in [1.82, 2.24) is 4.98 Å². The van der Waals surface area contributed by atoms with E-state index in [0.717, 1.165) is 11.1 Å². The average Bonchev–Trinajstić information content (AvgIpc) is 3.10. The summed E-state index contributed by atoms with van der Waals surface area (Å²) in [4.78, 5) is 16.3. The molecule has 0 aliphatic heterocycles. The Morgan fingerprint density at radius 3 is 2.67 bits per heavy atom. The molecule has 3 rings (SSSR count). The molecule has 0 amide bonds. The van der Waals surface area contributed by atoms with Crippen LogP contribution in [-0.2, 0) is 13.0 Å². The van der Waals surface area contributed by atoms with Gasteiger partial charge in [0.15, 0.2) is 0 Å². The molecule has 0 atom stereocenters. The Kier molecular flexibility index (Phi) is 5.76. The van der Waals surface area contributed by atoms with Crippen molar-refractivity contribution in [2.75, 3.05) is 7.11 Å². The highest BCUT2D eigenvalue weighted by Crippen LogP contribution is 2.37. The minimum atomic E-state index is -0.952. The predicted molar refractivity (Wildman–Crippen MR) is 106 cm³/mol. The smallest absolute Gasteiger partial charge is 0.347 e. The molecule has 140 valence electrons. The molecule has 1 aromatic heterocycles. The molecule has 3 aromatic rings. The number of ether oxygens (including phenoxy) is 2. The van der Waals surface area contributed by atoms with Gasteiger partial charge in [0.25, 0.3) is 0 Å². The highest BCUT2D eigenvalue weighted by molar-refractivity contribution is 7.17. The number of methoxy groups -OCH3 is 1. The number of benzene rings is 2. The first-order valence-corrected chi connectivity index (χ1v) is 9.43. The van der Waals surface area contributed by atoms with Crippen LogP contribution in [0.25, 0.3) is 10.6 Å². The lowest BCUT2D eigenvalue weighted by Crippen LogP contribution is -1.98. The first-order chi connectivity index (χ1) is 13.0. The number of aromatic carboxylic acids is 1. The number of aromatic nitrogens is 1. The summed E-state index contributed by atoms with van der Waals surface area (Å²) in [5.74, 6) is 0.333. The maximum Gasteiger partial charge on any atom is 0.347 e. The van der Waals surface area contributed by atoms with Crippen molar-refractivity contribution < 1.29 is 19.4 Å². The Balaban J connectivity index is 1.97. The summed E-state index contributed by atoms with van der Waals surface area (Å²) in [6, 6.07) is 13.6. The second kappa shape index (κ2) is 8.22. The number of nitrogens with zero attached hydrogens (tertiary/aromatic N) is 1. The second-order valence-corrected chi connectivity index (χ2v) is 7.09. The highest BCUT2D eigenvalue weighted by Gasteiger charge is 2.19. The van der Waals surface area contributed by atoms with Gasteiger partial charge < -0.3 is 14.6 Å². The van der Waals surface area contributed by atoms with Crippen molar-refractivity contribution in [3.63, 3.8) is 0 Å². The molecule has 0 saturated heterocycles. The second-order valence-electron chi connectivity index (χ2n) is 6.09. The molecule has 0 unspecified atom stereocenters. The van der Waals surface area contributed by atoms with Crippen LogP contribution in [0, 0.1) is 6.92 Å². The molecular weight excluding hydrogens is 362 g/mol. The quantitative estimate of drug-likeness (QED) is 0.624. The van der Waals surface area contributed by atoms with E-state index in [-0.39, 0.29) is 4.88 Å². The molecule has 27 heavy (non-hydrogen) atoms. The van der Waals surface area contributed by atoms with Gasteiger partial charge in [0.1, 0.15) is 28.0 Å². The Labute approximate surface area is 162 Å². The van der Waals surface area contributed by atoms with Crippen molar-refractivity contribution in [3.8, 4) is 22.1 Å². The van der Waals surface area contributed by atoms with Gasteiger partial charge >= 0.3 is 5.97 Å². The standard InChI is InChI=1S/C21H21NO4S/c1-4-17-19(21(23)24)27-20(22-17)16-9-8-15(25-3)11-18(16)26-12-14-7-5-6-13(2)10-14/h5-11H,4,12H2,1-3H3,(H,23,24). The number of hydrogen-bond acceptors (Lipinski definition) is 5. The lowest BCUT2D eigenvalue weighted by atomic mass is 10.1. The SMILES string of the molecule is CCc1nc(-c2ccc(OC)cc2OCc2cccc(C)c2)sc1C(=O)O. The number of aryl methyl sites for hydroxylation is 2. The lowest BCUT2D eigenvalue weighted by molar-refractivity contribution is 0.0701. The molecule has 5 nitrogen and oxygen atoms in total. The van der Waals surface area contributed by atoms with Gasteiger partial charge in [0.05, 0.1) is 18.4 Å². The van der Waals surface area contributed by atoms with Gasteiger partial charge in [-0.1, -0.05) is 36.8 Å². The van der Waals surface area contributed by atoms with Gasteiger partial charge in [-0.2, -0.15) is 0 Å². The van der Waals surface area contributed by atoms with Crippen LogP contribution in [0.3, 0.4) is 0 Å². The van der Waals surface area contributed by atoms with Crippen LogP contribution in [0.4, 0.5) is 0 Å². The van der Waals surface area contributed by atoms with Crippen LogP contribution in [0.5, 0.6) is 11.5 Å². The summed E-state index contributed by atoms with van der Waals surface area (Å²) in [6.45, 7) is 4.34. The zero-order valence-electron chi connectivity index (χ0n) is 15.5. The van der Waals surface area contributed by atoms with E-state index in [2.05, 4.69) is 11.1 Å². The average molecular weight is 383 g/mol. The lowest BCUT2D eigenvalue weighted by Gasteiger charge is -2.12. The van der Waals surface area contributed by atoms with Crippen LogP contribution < -0.4 is 9.47 Å². The molecule has 0 saturated carbocycles. The third-order valence-corrected chi connectivity index (χ3v) is 5.24. The molecule has 1 heterocycles. The molecular formula is C21H21NO4S. The van der Waals surface area contributed by atoms with Crippen molar-refractivity contribution in [1.29, 1.82) is 0 Å². The van der Waals surface area contributed by atoms with E-state index in [1.165, 1.54) is 16.9 Å². The Morgan fingerprint density at radius 2 is 2.04 bits per heavy atom. The summed E-state index contributed by atoms with van der Waals surface area (Å²) in [5.41, 5.74) is 3.57. The summed E-state index contributed by atoms with van der Waals surface area (Å²) in [6.07, 6.45) is 0.563. The first-order valence-electron chi connectivity index (χ1n) is 8.61. The van der Waals surface area contributed by atoms with Crippen molar-refractivity contribution in [2.24, 2.45) is 0 Å². The van der Waals surface area contributed by atoms with Gasteiger partial charge in [-0.25, -0.2) is 9.78 Å². The van der Waals surface area contributed by atoms with Crippen molar-refractivity contribution in [2.45, 2.75) is 26.9 Å². The van der Waals surface area contributed by atoms with Crippen LogP contribution in [0.15, 0.2) is 42.5 Å². The molecule has 0 spiro atoms. The fraction of sp³-hybridized carbons (Fsp3) is 0.238. The number of carbonyl (C=O) groups is 1. The molecule has 1 N–H and O–H groups in total. The first kappa shape index (κ1) is 18.9. The Morgan fingerprint density at radius 1 is 1.22 bits per heavy atom. The molecule has 0 bridgehead atoms. The normalized spacial score (nSPS) is 10.6. The number of rotatable bonds is 7. The monoisotopic (exact) mass is 383 g/mol. The molecule has 0 radical (unpaired) electrons. The molecule has 0 aliphatic rings. The van der Waals surface area contributed by atoms with E-state index in [1.54, 1.807) is 13.2 Å². The largest absolute Gasteiger partial charge is 0.497 e. The van der Waals surface area contributed by atoms with Crippen LogP contribution in [0.2, 0.25) is 0 Å². The van der Waals surface area contributed by atoms with E-state index in [0.29, 0.717) is 35.2 Å². The van der Waals surface area contributed by atoms with Crippen LogP contribution in [0.1, 0.15) is 33.4 Å². The zero-order chi connectivity index (χ0) is 19.4. The maximum atomic E-state index is 11.5. The van der Waals surface area contributed by atoms with Gasteiger partial charge in [0, 0.05) is 6.07 Å². The minimum Gasteiger partial charge on any atom is -0.497 e. The summed E-state index contributed by atoms with van der Waals surface area (Å²) < 4.78 is 11.4. The van der Waals surface area contributed by atoms with Gasteiger partial charge in [0.2, 0.25) is 0 Å². The maximum absolute atomic E-state index is 11.5. The van der Waals surface area contributed by atoms with E-state index in [4.69, 9.17) is 9.47 Å². The summed E-state index contributed by atoms with van der Waals surface area (Å²) >= 11 is 1.17. The molecule has 0 aliphatic carbocycles. The van der Waals surface area contributed by atoms with Crippen molar-refractivity contribution in [3.05, 3.63) is 64.2 Å². The zero-order valence-corrected chi connectivity index (χ0v) is 16.3. The van der Waals surface area contributed by atoms with E-state index < -0.39 is 5.97 Å². The van der Waals surface area contributed by atoms with Crippen LogP contribution in [-0.4, -0.2) is 23.2 Å². The minimum absolute atomic E-state index is 0.271. The van der Waals surface area contributed by atoms with Gasteiger partial charge in [-0.3, -0.25) is 0 Å². The predicted octanol–water partition coefficient (Wildman–Crippen LogP) is 4.97. The Hall–Kier alpha value is -2.86. The number of carboxylic acids is 1. The summed E-state index contributed by atoms with van der Waals surface area (Å²) in [7, 11) is 1.60. The fourth-order valence-electron chi connectivity index (χ4n) is 2.76. The Bertz CT molecular complexity index is 965. The topological polar surface area (TPSA) is 68.7 Å². The molecule has 2 aromatic carbocycles. The fourth-order valence-corrected chi connectivity index (χ4v) is 3.79.